The maximum Gasteiger partial charge on any atom is 0.290 e. The average Bonchev–Trinajstić information content (AvgIpc) is 2.88. The fourth-order valence-electron chi connectivity index (χ4n) is 3.98. The molecule has 2 aliphatic rings. The van der Waals surface area contributed by atoms with E-state index >= 15 is 0 Å². The summed E-state index contributed by atoms with van der Waals surface area (Å²) in [5.41, 5.74) is 1.66. The van der Waals surface area contributed by atoms with E-state index in [-0.39, 0.29) is 18.0 Å². The summed E-state index contributed by atoms with van der Waals surface area (Å²) in [6.45, 7) is 3.21. The van der Waals surface area contributed by atoms with Crippen molar-refractivity contribution in [3.8, 4) is 0 Å². The van der Waals surface area contributed by atoms with Crippen molar-refractivity contribution >= 4 is 6.47 Å². The van der Waals surface area contributed by atoms with Gasteiger partial charge in [0.05, 0.1) is 6.10 Å². The number of benzene rings is 1. The van der Waals surface area contributed by atoms with Crippen LogP contribution in [0.1, 0.15) is 37.7 Å². The van der Waals surface area contributed by atoms with Crippen LogP contribution in [0.25, 0.3) is 0 Å². The van der Waals surface area contributed by atoms with Crippen molar-refractivity contribution in [3.63, 3.8) is 0 Å². The van der Waals surface area contributed by atoms with Crippen molar-refractivity contribution in [2.75, 3.05) is 19.6 Å². The lowest BCUT2D eigenvalue weighted by Crippen LogP contribution is -2.47. The van der Waals surface area contributed by atoms with Gasteiger partial charge in [-0.1, -0.05) is 36.8 Å². The van der Waals surface area contributed by atoms with Crippen molar-refractivity contribution in [2.45, 2.75) is 44.6 Å². The molecule has 2 fully saturated rings. The molecule has 1 saturated carbocycles. The van der Waals surface area contributed by atoms with Crippen LogP contribution in [0.3, 0.4) is 0 Å². The number of aliphatic hydroxyl groups excluding tert-OH is 1. The number of likely N-dealkylation sites (tertiary alicyclic amines) is 1. The first kappa shape index (κ1) is 17.0. The molecule has 1 saturated heterocycles. The van der Waals surface area contributed by atoms with Crippen molar-refractivity contribution in [3.05, 3.63) is 35.9 Å². The summed E-state index contributed by atoms with van der Waals surface area (Å²) < 4.78 is 0. The Balaban J connectivity index is 0.000000545. The maximum atomic E-state index is 10.3. The van der Waals surface area contributed by atoms with Gasteiger partial charge in [0.1, 0.15) is 0 Å². The predicted molar refractivity (Wildman–Crippen MR) is 86.8 cm³/mol. The van der Waals surface area contributed by atoms with E-state index in [4.69, 9.17) is 9.90 Å². The Bertz CT molecular complexity index is 451. The van der Waals surface area contributed by atoms with Crippen LogP contribution >= 0.6 is 0 Å². The highest BCUT2D eigenvalue weighted by Gasteiger charge is 2.44. The van der Waals surface area contributed by atoms with E-state index in [2.05, 4.69) is 35.2 Å². The zero-order valence-electron chi connectivity index (χ0n) is 13.2. The Kier molecular flexibility index (Phi) is 6.40. The van der Waals surface area contributed by atoms with Crippen molar-refractivity contribution < 1.29 is 15.0 Å². The predicted octanol–water partition coefficient (Wildman–Crippen LogP) is 2.56. The second-order valence-electron chi connectivity index (χ2n) is 6.49. The zero-order valence-corrected chi connectivity index (χ0v) is 13.2. The second-order valence-corrected chi connectivity index (χ2v) is 6.49. The summed E-state index contributed by atoms with van der Waals surface area (Å²) in [5.74, 6) is 0. The van der Waals surface area contributed by atoms with Crippen LogP contribution in [0.2, 0.25) is 0 Å². The molecule has 3 rings (SSSR count). The fraction of sp³-hybridized carbons (Fsp3) is 0.611. The molecule has 0 aromatic heterocycles. The number of hydrogen-bond donors (Lipinski definition) is 2. The molecule has 0 unspecified atom stereocenters. The van der Waals surface area contributed by atoms with Gasteiger partial charge in [0.25, 0.3) is 6.47 Å². The van der Waals surface area contributed by atoms with Gasteiger partial charge in [-0.2, -0.15) is 0 Å². The van der Waals surface area contributed by atoms with Gasteiger partial charge in [-0.05, 0) is 44.2 Å². The summed E-state index contributed by atoms with van der Waals surface area (Å²) in [6, 6.07) is 10.7. The third-order valence-corrected chi connectivity index (χ3v) is 5.11. The summed E-state index contributed by atoms with van der Waals surface area (Å²) >= 11 is 0. The molecule has 122 valence electrons. The Labute approximate surface area is 132 Å². The SMILES string of the molecule is O=CO.O[C@@H]1CCC[C@]12CCCN(CCc1ccccc1)C2. The zero-order chi connectivity index (χ0) is 15.8. The number of nitrogens with zero attached hydrogens (tertiary/aromatic N) is 1. The van der Waals surface area contributed by atoms with Crippen LogP contribution in [0.4, 0.5) is 0 Å². The Morgan fingerprint density at radius 1 is 1.23 bits per heavy atom. The molecule has 0 bridgehead atoms. The summed E-state index contributed by atoms with van der Waals surface area (Å²) in [4.78, 5) is 10.9. The molecule has 2 N–H and O–H groups in total. The Hall–Kier alpha value is -1.39. The number of rotatable bonds is 3. The minimum atomic E-state index is -0.250. The molecule has 1 aromatic carbocycles. The molecular formula is C18H27NO3. The lowest BCUT2D eigenvalue weighted by atomic mass is 9.76. The number of piperidine rings is 1. The molecule has 1 aromatic rings. The van der Waals surface area contributed by atoms with Crippen molar-refractivity contribution in [1.29, 1.82) is 0 Å². The lowest BCUT2D eigenvalue weighted by molar-refractivity contribution is -0.122. The van der Waals surface area contributed by atoms with E-state index in [9.17, 15) is 5.11 Å². The van der Waals surface area contributed by atoms with Crippen LogP contribution in [0.15, 0.2) is 30.3 Å². The third-order valence-electron chi connectivity index (χ3n) is 5.11. The smallest absolute Gasteiger partial charge is 0.290 e. The monoisotopic (exact) mass is 305 g/mol. The Morgan fingerprint density at radius 2 is 1.91 bits per heavy atom. The highest BCUT2D eigenvalue weighted by molar-refractivity contribution is 5.32. The van der Waals surface area contributed by atoms with Crippen LogP contribution in [0, 0.1) is 5.41 Å². The standard InChI is InChI=1S/C17H25NO.CH2O2/c19-16-8-4-10-17(16)11-5-12-18(14-17)13-9-15-6-2-1-3-7-15;2-1-3/h1-3,6-7,16,19H,4-5,8-14H2;1H,(H,2,3)/t16-,17-;/m1./s1. The van der Waals surface area contributed by atoms with Gasteiger partial charge >= 0.3 is 0 Å². The van der Waals surface area contributed by atoms with Crippen LogP contribution in [0.5, 0.6) is 0 Å². The maximum absolute atomic E-state index is 10.3. The average molecular weight is 305 g/mol. The molecule has 0 radical (unpaired) electrons. The van der Waals surface area contributed by atoms with Gasteiger partial charge in [-0.25, -0.2) is 0 Å². The van der Waals surface area contributed by atoms with Gasteiger partial charge < -0.3 is 15.1 Å². The van der Waals surface area contributed by atoms with Gasteiger partial charge in [-0.3, -0.25) is 4.79 Å². The highest BCUT2D eigenvalue weighted by atomic mass is 16.3. The summed E-state index contributed by atoms with van der Waals surface area (Å²) in [6.07, 6.45) is 7.04. The molecule has 22 heavy (non-hydrogen) atoms. The number of carboxylic acid groups (broad SMARTS) is 1. The minimum absolute atomic E-state index is 0.0491. The van der Waals surface area contributed by atoms with E-state index in [1.165, 1.54) is 37.8 Å². The molecule has 1 heterocycles. The second kappa shape index (κ2) is 8.30. The Morgan fingerprint density at radius 3 is 2.55 bits per heavy atom. The first-order valence-electron chi connectivity index (χ1n) is 8.22. The fourth-order valence-corrected chi connectivity index (χ4v) is 3.98. The number of aliphatic hydroxyl groups is 1. The van der Waals surface area contributed by atoms with E-state index < -0.39 is 0 Å². The quantitative estimate of drug-likeness (QED) is 0.843. The van der Waals surface area contributed by atoms with E-state index in [1.54, 1.807) is 0 Å². The van der Waals surface area contributed by atoms with Gasteiger partial charge in [0.15, 0.2) is 0 Å². The van der Waals surface area contributed by atoms with Gasteiger partial charge in [-0.15, -0.1) is 0 Å². The molecule has 1 spiro atoms. The minimum Gasteiger partial charge on any atom is -0.483 e. The lowest BCUT2D eigenvalue weighted by Gasteiger charge is -2.42. The van der Waals surface area contributed by atoms with Crippen molar-refractivity contribution in [2.24, 2.45) is 5.41 Å². The molecular weight excluding hydrogens is 278 g/mol. The largest absolute Gasteiger partial charge is 0.483 e. The molecule has 2 atom stereocenters. The van der Waals surface area contributed by atoms with Crippen LogP contribution in [-0.2, 0) is 11.2 Å². The number of hydrogen-bond acceptors (Lipinski definition) is 3. The van der Waals surface area contributed by atoms with E-state index in [0.717, 1.165) is 25.9 Å². The first-order chi connectivity index (χ1) is 10.7. The van der Waals surface area contributed by atoms with Crippen LogP contribution in [-0.4, -0.2) is 47.3 Å². The van der Waals surface area contributed by atoms with Crippen LogP contribution < -0.4 is 0 Å². The third kappa shape index (κ3) is 4.31. The summed E-state index contributed by atoms with van der Waals surface area (Å²) in [7, 11) is 0. The van der Waals surface area contributed by atoms with Gasteiger partial charge in [0, 0.05) is 18.5 Å². The first-order valence-corrected chi connectivity index (χ1v) is 8.22. The topological polar surface area (TPSA) is 60.8 Å². The highest BCUT2D eigenvalue weighted by Crippen LogP contribution is 2.44. The molecule has 4 nitrogen and oxygen atoms in total. The summed E-state index contributed by atoms with van der Waals surface area (Å²) in [5, 5.41) is 17.2. The molecule has 4 heteroatoms. The van der Waals surface area contributed by atoms with Gasteiger partial charge in [0.2, 0.25) is 0 Å². The molecule has 1 aliphatic carbocycles. The van der Waals surface area contributed by atoms with Crippen molar-refractivity contribution in [1.82, 2.24) is 4.90 Å². The number of carbonyl (C=O) groups is 1. The normalized spacial score (nSPS) is 28.1. The molecule has 0 amide bonds. The molecule has 1 aliphatic heterocycles. The van der Waals surface area contributed by atoms with E-state index in [0.29, 0.717) is 0 Å². The van der Waals surface area contributed by atoms with E-state index in [1.807, 2.05) is 0 Å².